The molecule has 0 spiro atoms. The molecule has 90 valence electrons. The molecular formula is C13H17N3O. The molecule has 0 fully saturated rings. The quantitative estimate of drug-likeness (QED) is 0.593. The number of fused-ring (bicyclic) bond motifs is 1. The molecule has 4 nitrogen and oxygen atoms in total. The number of aliphatic imine (C=N–C) groups is 1. The second kappa shape index (κ2) is 4.57. The van der Waals surface area contributed by atoms with Crippen molar-refractivity contribution in [2.24, 2.45) is 16.5 Å². The van der Waals surface area contributed by atoms with Crippen molar-refractivity contribution in [1.29, 1.82) is 0 Å². The molecule has 1 aromatic carbocycles. The topological polar surface area (TPSA) is 81.5 Å². The number of nitrogens with zero attached hydrogens (tertiary/aromatic N) is 1. The van der Waals surface area contributed by atoms with Crippen molar-refractivity contribution in [2.75, 3.05) is 0 Å². The lowest BCUT2D eigenvalue weighted by atomic mass is 9.96. The van der Waals surface area contributed by atoms with Crippen LogP contribution in [-0.2, 0) is 11.2 Å². The van der Waals surface area contributed by atoms with Crippen molar-refractivity contribution in [3.05, 3.63) is 34.9 Å². The fourth-order valence-corrected chi connectivity index (χ4v) is 2.42. The molecule has 2 rings (SSSR count). The number of rotatable bonds is 2. The number of benzene rings is 1. The van der Waals surface area contributed by atoms with Crippen molar-refractivity contribution >= 4 is 11.9 Å². The Morgan fingerprint density at radius 3 is 2.94 bits per heavy atom. The van der Waals surface area contributed by atoms with Crippen LogP contribution in [0.15, 0.2) is 23.2 Å². The summed E-state index contributed by atoms with van der Waals surface area (Å²) in [6.45, 7) is 2.06. The summed E-state index contributed by atoms with van der Waals surface area (Å²) in [4.78, 5) is 15.1. The lowest BCUT2D eigenvalue weighted by molar-refractivity contribution is -0.118. The molecule has 0 aromatic heterocycles. The van der Waals surface area contributed by atoms with Crippen molar-refractivity contribution < 1.29 is 4.79 Å². The van der Waals surface area contributed by atoms with Gasteiger partial charge in [0.2, 0.25) is 5.91 Å². The van der Waals surface area contributed by atoms with E-state index in [-0.39, 0.29) is 17.8 Å². The summed E-state index contributed by atoms with van der Waals surface area (Å²) >= 11 is 0. The number of carbonyl (C=O) groups is 1. The molecule has 1 atom stereocenters. The highest BCUT2D eigenvalue weighted by atomic mass is 16.1. The Balaban J connectivity index is 2.14. The number of nitrogens with two attached hydrogens (primary N) is 2. The number of hydrogen-bond donors (Lipinski definition) is 2. The van der Waals surface area contributed by atoms with Crippen LogP contribution in [0.2, 0.25) is 0 Å². The number of guanidine groups is 1. The van der Waals surface area contributed by atoms with Gasteiger partial charge in [0, 0.05) is 6.42 Å². The van der Waals surface area contributed by atoms with Gasteiger partial charge in [-0.1, -0.05) is 23.8 Å². The molecular weight excluding hydrogens is 214 g/mol. The highest BCUT2D eigenvalue weighted by Gasteiger charge is 2.24. The van der Waals surface area contributed by atoms with Crippen LogP contribution >= 0.6 is 0 Å². The SMILES string of the molecule is Cc1ccc2c(c1)C(CC(=O)N=C(N)N)CC2. The van der Waals surface area contributed by atoms with Crippen LogP contribution < -0.4 is 11.5 Å². The predicted octanol–water partition coefficient (Wildman–Crippen LogP) is 1.21. The minimum Gasteiger partial charge on any atom is -0.370 e. The zero-order chi connectivity index (χ0) is 12.4. The largest absolute Gasteiger partial charge is 0.370 e. The first-order valence-corrected chi connectivity index (χ1v) is 5.78. The van der Waals surface area contributed by atoms with Gasteiger partial charge in [0.15, 0.2) is 5.96 Å². The van der Waals surface area contributed by atoms with Crippen LogP contribution in [-0.4, -0.2) is 11.9 Å². The standard InChI is InChI=1S/C13H17N3O/c1-8-2-3-9-4-5-10(11(9)6-8)7-12(17)16-13(14)15/h2-3,6,10H,4-5,7H2,1H3,(H4,14,15,16,17). The highest BCUT2D eigenvalue weighted by molar-refractivity contribution is 5.91. The lowest BCUT2D eigenvalue weighted by Gasteiger charge is -2.09. The molecule has 0 saturated carbocycles. The van der Waals surface area contributed by atoms with Crippen LogP contribution in [0.5, 0.6) is 0 Å². The van der Waals surface area contributed by atoms with E-state index in [1.807, 2.05) is 0 Å². The average Bonchev–Trinajstić information content (AvgIpc) is 2.60. The first-order valence-electron chi connectivity index (χ1n) is 5.78. The highest BCUT2D eigenvalue weighted by Crippen LogP contribution is 2.36. The molecule has 0 saturated heterocycles. The van der Waals surface area contributed by atoms with Crippen molar-refractivity contribution in [3.8, 4) is 0 Å². The van der Waals surface area contributed by atoms with Gasteiger partial charge in [-0.15, -0.1) is 0 Å². The average molecular weight is 231 g/mol. The van der Waals surface area contributed by atoms with Gasteiger partial charge in [0.25, 0.3) is 0 Å². The van der Waals surface area contributed by atoms with E-state index in [0.29, 0.717) is 6.42 Å². The van der Waals surface area contributed by atoms with Crippen LogP contribution in [0.1, 0.15) is 35.4 Å². The molecule has 4 heteroatoms. The lowest BCUT2D eigenvalue weighted by Crippen LogP contribution is -2.24. The van der Waals surface area contributed by atoms with Crippen LogP contribution in [0.4, 0.5) is 0 Å². The summed E-state index contributed by atoms with van der Waals surface area (Å²) in [7, 11) is 0. The molecule has 1 aliphatic carbocycles. The molecule has 0 aliphatic heterocycles. The Kier molecular flexibility index (Phi) is 3.13. The Morgan fingerprint density at radius 2 is 2.24 bits per heavy atom. The normalized spacial score (nSPS) is 17.6. The van der Waals surface area contributed by atoms with Crippen molar-refractivity contribution in [2.45, 2.75) is 32.1 Å². The van der Waals surface area contributed by atoms with Gasteiger partial charge in [-0.05, 0) is 36.8 Å². The Hall–Kier alpha value is -1.84. The van der Waals surface area contributed by atoms with Gasteiger partial charge in [-0.25, -0.2) is 0 Å². The molecule has 0 heterocycles. The van der Waals surface area contributed by atoms with Crippen LogP contribution in [0.25, 0.3) is 0 Å². The fourth-order valence-electron chi connectivity index (χ4n) is 2.42. The smallest absolute Gasteiger partial charge is 0.249 e. The first-order chi connectivity index (χ1) is 8.06. The Labute approximate surface area is 101 Å². The van der Waals surface area contributed by atoms with Gasteiger partial charge in [-0.2, -0.15) is 4.99 Å². The summed E-state index contributed by atoms with van der Waals surface area (Å²) in [5.74, 6) is -0.123. The van der Waals surface area contributed by atoms with E-state index >= 15 is 0 Å². The second-order valence-corrected chi connectivity index (χ2v) is 4.57. The molecule has 1 aromatic rings. The maximum absolute atomic E-state index is 11.6. The molecule has 4 N–H and O–H groups in total. The number of amides is 1. The number of carbonyl (C=O) groups excluding carboxylic acids is 1. The van der Waals surface area contributed by atoms with E-state index in [9.17, 15) is 4.79 Å². The van der Waals surface area contributed by atoms with Crippen LogP contribution in [0, 0.1) is 6.92 Å². The van der Waals surface area contributed by atoms with E-state index in [1.54, 1.807) is 0 Å². The van der Waals surface area contributed by atoms with Crippen LogP contribution in [0.3, 0.4) is 0 Å². The zero-order valence-corrected chi connectivity index (χ0v) is 9.94. The summed E-state index contributed by atoms with van der Waals surface area (Å²) < 4.78 is 0. The zero-order valence-electron chi connectivity index (χ0n) is 9.94. The number of aryl methyl sites for hydroxylation is 2. The van der Waals surface area contributed by atoms with E-state index in [1.165, 1.54) is 16.7 Å². The molecule has 17 heavy (non-hydrogen) atoms. The summed E-state index contributed by atoms with van der Waals surface area (Å²) in [5, 5.41) is 0. The minimum atomic E-state index is -0.232. The first kappa shape index (κ1) is 11.6. The molecule has 0 radical (unpaired) electrons. The van der Waals surface area contributed by atoms with E-state index in [4.69, 9.17) is 11.5 Å². The summed E-state index contributed by atoms with van der Waals surface area (Å²) in [6, 6.07) is 6.42. The third-order valence-electron chi connectivity index (χ3n) is 3.18. The van der Waals surface area contributed by atoms with E-state index in [2.05, 4.69) is 30.1 Å². The van der Waals surface area contributed by atoms with Crippen molar-refractivity contribution in [3.63, 3.8) is 0 Å². The monoisotopic (exact) mass is 231 g/mol. The van der Waals surface area contributed by atoms with Gasteiger partial charge in [-0.3, -0.25) is 4.79 Å². The third kappa shape index (κ3) is 2.64. The maximum atomic E-state index is 11.6. The molecule has 1 unspecified atom stereocenters. The van der Waals surface area contributed by atoms with Gasteiger partial charge in [0.1, 0.15) is 0 Å². The third-order valence-corrected chi connectivity index (χ3v) is 3.18. The molecule has 1 aliphatic rings. The molecule has 1 amide bonds. The number of hydrogen-bond acceptors (Lipinski definition) is 1. The minimum absolute atomic E-state index is 0.155. The van der Waals surface area contributed by atoms with Gasteiger partial charge >= 0.3 is 0 Å². The second-order valence-electron chi connectivity index (χ2n) is 4.57. The summed E-state index contributed by atoms with van der Waals surface area (Å²) in [6.07, 6.45) is 2.44. The predicted molar refractivity (Wildman–Crippen MR) is 67.7 cm³/mol. The van der Waals surface area contributed by atoms with Crippen molar-refractivity contribution in [1.82, 2.24) is 0 Å². The Bertz CT molecular complexity index is 476. The van der Waals surface area contributed by atoms with Gasteiger partial charge in [0.05, 0.1) is 0 Å². The molecule has 0 bridgehead atoms. The fraction of sp³-hybridized carbons (Fsp3) is 0.385. The Morgan fingerprint density at radius 1 is 1.47 bits per heavy atom. The van der Waals surface area contributed by atoms with E-state index < -0.39 is 0 Å². The van der Waals surface area contributed by atoms with E-state index in [0.717, 1.165) is 12.8 Å². The summed E-state index contributed by atoms with van der Waals surface area (Å²) in [5.41, 5.74) is 14.2. The van der Waals surface area contributed by atoms with Gasteiger partial charge < -0.3 is 11.5 Å². The maximum Gasteiger partial charge on any atom is 0.249 e.